The number of ether oxygens (including phenoxy) is 2. The average molecular weight is 387 g/mol. The van der Waals surface area contributed by atoms with Gasteiger partial charge in [-0.25, -0.2) is 4.79 Å². The van der Waals surface area contributed by atoms with Gasteiger partial charge in [0.25, 0.3) is 5.91 Å². The highest BCUT2D eigenvalue weighted by atomic mass is 16.7. The van der Waals surface area contributed by atoms with Crippen LogP contribution in [0.1, 0.15) is 45.1 Å². The minimum absolute atomic E-state index is 0.115. The number of carbonyl (C=O) groups is 3. The van der Waals surface area contributed by atoms with E-state index in [4.69, 9.17) is 9.47 Å². The molecule has 1 saturated carbocycles. The van der Waals surface area contributed by atoms with Gasteiger partial charge in [0.2, 0.25) is 12.7 Å². The molecule has 3 aliphatic rings. The fraction of sp³-hybridized carbons (Fsp3) is 0.550. The topological polar surface area (TPSA) is 97.0 Å². The van der Waals surface area contributed by atoms with Gasteiger partial charge in [-0.3, -0.25) is 14.5 Å². The van der Waals surface area contributed by atoms with Crippen LogP contribution in [0.2, 0.25) is 0 Å². The molecule has 0 bridgehead atoms. The normalized spacial score (nSPS) is 29.0. The summed E-state index contributed by atoms with van der Waals surface area (Å²) in [7, 11) is 0. The van der Waals surface area contributed by atoms with E-state index >= 15 is 0 Å². The van der Waals surface area contributed by atoms with Crippen LogP contribution in [0.4, 0.5) is 4.79 Å². The van der Waals surface area contributed by atoms with Gasteiger partial charge >= 0.3 is 6.03 Å². The van der Waals surface area contributed by atoms with Gasteiger partial charge in [-0.05, 0) is 56.2 Å². The zero-order chi connectivity index (χ0) is 19.9. The first kappa shape index (κ1) is 18.6. The van der Waals surface area contributed by atoms with E-state index in [1.807, 2.05) is 0 Å². The first-order chi connectivity index (χ1) is 13.4. The Labute approximate surface area is 163 Å². The van der Waals surface area contributed by atoms with E-state index in [2.05, 4.69) is 17.6 Å². The Morgan fingerprint density at radius 1 is 1.21 bits per heavy atom. The van der Waals surface area contributed by atoms with Gasteiger partial charge < -0.3 is 20.1 Å². The highest BCUT2D eigenvalue weighted by Crippen LogP contribution is 2.37. The molecule has 1 aliphatic carbocycles. The average Bonchev–Trinajstić information content (AvgIpc) is 3.22. The van der Waals surface area contributed by atoms with Gasteiger partial charge in [0, 0.05) is 6.04 Å². The molecule has 8 heteroatoms. The lowest BCUT2D eigenvalue weighted by molar-refractivity contribution is -0.135. The Kier molecular flexibility index (Phi) is 4.64. The summed E-state index contributed by atoms with van der Waals surface area (Å²) in [4.78, 5) is 38.8. The molecule has 2 heterocycles. The molecule has 2 fully saturated rings. The first-order valence-electron chi connectivity index (χ1n) is 9.70. The lowest BCUT2D eigenvalue weighted by Gasteiger charge is -2.27. The van der Waals surface area contributed by atoms with Crippen LogP contribution in [0.3, 0.4) is 0 Å². The number of amides is 4. The lowest BCUT2D eigenvalue weighted by atomic mass is 9.87. The maximum Gasteiger partial charge on any atom is 0.325 e. The van der Waals surface area contributed by atoms with Gasteiger partial charge in [0.15, 0.2) is 11.5 Å². The summed E-state index contributed by atoms with van der Waals surface area (Å²) in [5, 5.41) is 5.67. The maximum absolute atomic E-state index is 13.0. The van der Waals surface area contributed by atoms with Crippen LogP contribution in [0.5, 0.6) is 11.5 Å². The number of urea groups is 1. The minimum Gasteiger partial charge on any atom is -0.454 e. The molecular weight excluding hydrogens is 362 g/mol. The number of imide groups is 1. The number of hydrogen-bond donors (Lipinski definition) is 2. The summed E-state index contributed by atoms with van der Waals surface area (Å²) in [5.41, 5.74) is -0.669. The van der Waals surface area contributed by atoms with Gasteiger partial charge in [0.05, 0.1) is 0 Å². The third-order valence-electron chi connectivity index (χ3n) is 5.91. The van der Waals surface area contributed by atoms with Crippen LogP contribution in [0.25, 0.3) is 0 Å². The third-order valence-corrected chi connectivity index (χ3v) is 5.91. The standard InChI is InChI=1S/C20H25N3O5/c1-12-3-6-14(7-4-12)21-17(24)10-23-18(25)20(2,22-19(23)26)13-5-8-15-16(9-13)28-11-27-15/h5,8-9,12,14H,3-4,6-7,10-11H2,1-2H3,(H,21,24)(H,22,26)/t12?,14?,20-/m0/s1. The quantitative estimate of drug-likeness (QED) is 0.769. The number of fused-ring (bicyclic) bond motifs is 1. The highest BCUT2D eigenvalue weighted by Gasteiger charge is 2.50. The van der Waals surface area contributed by atoms with Gasteiger partial charge in [0.1, 0.15) is 12.1 Å². The van der Waals surface area contributed by atoms with Crippen molar-refractivity contribution < 1.29 is 23.9 Å². The molecule has 2 N–H and O–H groups in total. The van der Waals surface area contributed by atoms with Crippen molar-refractivity contribution in [2.75, 3.05) is 13.3 Å². The van der Waals surface area contributed by atoms with Crippen LogP contribution in [-0.2, 0) is 15.1 Å². The SMILES string of the molecule is CC1CCC(NC(=O)CN2C(=O)N[C@@](C)(c3ccc4c(c3)OCO4)C2=O)CC1. The molecule has 1 aromatic carbocycles. The monoisotopic (exact) mass is 387 g/mol. The van der Waals surface area contributed by atoms with E-state index < -0.39 is 17.5 Å². The second kappa shape index (κ2) is 7.00. The van der Waals surface area contributed by atoms with Gasteiger partial charge in [-0.2, -0.15) is 0 Å². The van der Waals surface area contributed by atoms with Crippen molar-refractivity contribution in [3.05, 3.63) is 23.8 Å². The molecule has 1 saturated heterocycles. The predicted molar refractivity (Wildman–Crippen MR) is 99.7 cm³/mol. The lowest BCUT2D eigenvalue weighted by Crippen LogP contribution is -2.46. The number of hydrogen-bond acceptors (Lipinski definition) is 5. The zero-order valence-corrected chi connectivity index (χ0v) is 16.1. The van der Waals surface area contributed by atoms with Crippen LogP contribution in [0.15, 0.2) is 18.2 Å². The number of benzene rings is 1. The molecule has 0 unspecified atom stereocenters. The molecule has 0 radical (unpaired) electrons. The van der Waals surface area contributed by atoms with Gasteiger partial charge in [-0.1, -0.05) is 13.0 Å². The Morgan fingerprint density at radius 3 is 2.68 bits per heavy atom. The largest absolute Gasteiger partial charge is 0.454 e. The predicted octanol–water partition coefficient (Wildman–Crippen LogP) is 1.88. The Bertz CT molecular complexity index is 818. The molecule has 1 aromatic rings. The molecule has 4 amide bonds. The van der Waals surface area contributed by atoms with E-state index in [9.17, 15) is 14.4 Å². The van der Waals surface area contributed by atoms with Crippen molar-refractivity contribution in [1.82, 2.24) is 15.5 Å². The smallest absolute Gasteiger partial charge is 0.325 e. The van der Waals surface area contributed by atoms with Crippen molar-refractivity contribution in [3.63, 3.8) is 0 Å². The maximum atomic E-state index is 13.0. The van der Waals surface area contributed by atoms with Crippen molar-refractivity contribution in [2.45, 2.75) is 51.1 Å². The number of carbonyl (C=O) groups excluding carboxylic acids is 3. The van der Waals surface area contributed by atoms with E-state index in [0.29, 0.717) is 23.0 Å². The summed E-state index contributed by atoms with van der Waals surface area (Å²) in [5.74, 6) is 1.05. The molecule has 28 heavy (non-hydrogen) atoms. The number of nitrogens with one attached hydrogen (secondary N) is 2. The van der Waals surface area contributed by atoms with Crippen LogP contribution >= 0.6 is 0 Å². The summed E-state index contributed by atoms with van der Waals surface area (Å²) < 4.78 is 10.7. The summed E-state index contributed by atoms with van der Waals surface area (Å²) in [6, 6.07) is 4.66. The molecule has 0 spiro atoms. The van der Waals surface area contributed by atoms with Crippen molar-refractivity contribution in [2.24, 2.45) is 5.92 Å². The van der Waals surface area contributed by atoms with Crippen molar-refractivity contribution in [1.29, 1.82) is 0 Å². The van der Waals surface area contributed by atoms with Crippen LogP contribution < -0.4 is 20.1 Å². The molecule has 8 nitrogen and oxygen atoms in total. The van der Waals surface area contributed by atoms with E-state index in [-0.39, 0.29) is 25.3 Å². The van der Waals surface area contributed by atoms with E-state index in [0.717, 1.165) is 30.6 Å². The number of nitrogens with zero attached hydrogens (tertiary/aromatic N) is 1. The Hall–Kier alpha value is -2.77. The summed E-state index contributed by atoms with van der Waals surface area (Å²) in [6.45, 7) is 3.69. The summed E-state index contributed by atoms with van der Waals surface area (Å²) >= 11 is 0. The van der Waals surface area contributed by atoms with Crippen molar-refractivity contribution in [3.8, 4) is 11.5 Å². The number of rotatable bonds is 4. The van der Waals surface area contributed by atoms with Crippen LogP contribution in [-0.4, -0.2) is 42.1 Å². The molecule has 2 aliphatic heterocycles. The van der Waals surface area contributed by atoms with Crippen molar-refractivity contribution >= 4 is 17.8 Å². The second-order valence-corrected chi connectivity index (χ2v) is 8.04. The molecular formula is C20H25N3O5. The first-order valence-corrected chi connectivity index (χ1v) is 9.70. The van der Waals surface area contributed by atoms with E-state index in [1.165, 1.54) is 0 Å². The Balaban J connectivity index is 1.44. The van der Waals surface area contributed by atoms with E-state index in [1.54, 1.807) is 25.1 Å². The van der Waals surface area contributed by atoms with Gasteiger partial charge in [-0.15, -0.1) is 0 Å². The molecule has 4 rings (SSSR count). The minimum atomic E-state index is -1.25. The second-order valence-electron chi connectivity index (χ2n) is 8.04. The Morgan fingerprint density at radius 2 is 1.93 bits per heavy atom. The fourth-order valence-electron chi connectivity index (χ4n) is 4.07. The van der Waals surface area contributed by atoms with Crippen LogP contribution in [0, 0.1) is 5.92 Å². The molecule has 150 valence electrons. The summed E-state index contributed by atoms with van der Waals surface area (Å²) in [6.07, 6.45) is 4.02. The molecule has 1 atom stereocenters. The fourth-order valence-corrected chi connectivity index (χ4v) is 4.07. The molecule has 0 aromatic heterocycles. The zero-order valence-electron chi connectivity index (χ0n) is 16.1. The highest BCUT2D eigenvalue weighted by molar-refractivity contribution is 6.09. The third kappa shape index (κ3) is 3.27.